The van der Waals surface area contributed by atoms with Crippen molar-refractivity contribution in [3.05, 3.63) is 30.4 Å². The van der Waals surface area contributed by atoms with E-state index in [1.807, 2.05) is 39.8 Å². The molecule has 0 saturated heterocycles. The number of aryl methyl sites for hydroxylation is 1. The molecule has 0 aromatic carbocycles. The first-order valence-corrected chi connectivity index (χ1v) is 4.92. The molecular formula is C12H17N2O. The lowest BCUT2D eigenvalue weighted by Gasteiger charge is -2.18. The molecule has 1 amide bonds. The third kappa shape index (κ3) is 3.05. The number of hydrogen-bond donors (Lipinski definition) is 1. The van der Waals surface area contributed by atoms with Gasteiger partial charge in [-0.3, -0.25) is 9.78 Å². The van der Waals surface area contributed by atoms with E-state index < -0.39 is 5.41 Å². The molecule has 0 aliphatic rings. The van der Waals surface area contributed by atoms with E-state index in [4.69, 9.17) is 0 Å². The number of rotatable bonds is 1. The number of aromatic nitrogens is 1. The molecule has 1 aromatic heterocycles. The highest BCUT2D eigenvalue weighted by atomic mass is 16.2. The van der Waals surface area contributed by atoms with E-state index in [2.05, 4.69) is 17.2 Å². The molecule has 15 heavy (non-hydrogen) atoms. The average molecular weight is 205 g/mol. The zero-order valence-electron chi connectivity index (χ0n) is 9.72. The van der Waals surface area contributed by atoms with Crippen LogP contribution in [-0.2, 0) is 4.79 Å². The van der Waals surface area contributed by atoms with Crippen LogP contribution in [0.3, 0.4) is 0 Å². The Kier molecular flexibility index (Phi) is 3.12. The quantitative estimate of drug-likeness (QED) is 0.765. The number of nitrogens with one attached hydrogen (secondary N) is 1. The standard InChI is InChI=1S/C12H17N2O/c1-8-6-7-10(9(2)13-8)14-11(15)12(3,4)5/h6-7H,2H2,1,3-5H3,(H,14,15). The topological polar surface area (TPSA) is 42.0 Å². The predicted molar refractivity (Wildman–Crippen MR) is 61.5 cm³/mol. The van der Waals surface area contributed by atoms with E-state index in [0.29, 0.717) is 11.4 Å². The molecule has 1 radical (unpaired) electrons. The normalized spacial score (nSPS) is 11.3. The van der Waals surface area contributed by atoms with Crippen molar-refractivity contribution in [2.75, 3.05) is 5.32 Å². The van der Waals surface area contributed by atoms with Crippen LogP contribution < -0.4 is 5.32 Å². The Morgan fingerprint density at radius 1 is 1.40 bits per heavy atom. The van der Waals surface area contributed by atoms with Crippen LogP contribution in [0.1, 0.15) is 32.2 Å². The molecule has 0 fully saturated rings. The SMILES string of the molecule is [CH2]c1nc(C)ccc1NC(=O)C(C)(C)C. The van der Waals surface area contributed by atoms with Gasteiger partial charge in [0.2, 0.25) is 5.91 Å². The van der Waals surface area contributed by atoms with Gasteiger partial charge in [0.25, 0.3) is 0 Å². The van der Waals surface area contributed by atoms with Gasteiger partial charge in [0.05, 0.1) is 11.4 Å². The zero-order valence-corrected chi connectivity index (χ0v) is 9.72. The average Bonchev–Trinajstić information content (AvgIpc) is 2.08. The minimum Gasteiger partial charge on any atom is -0.324 e. The Balaban J connectivity index is 2.87. The number of anilines is 1. The molecule has 0 atom stereocenters. The van der Waals surface area contributed by atoms with Crippen LogP contribution in [0.15, 0.2) is 12.1 Å². The van der Waals surface area contributed by atoms with Gasteiger partial charge >= 0.3 is 0 Å². The van der Waals surface area contributed by atoms with E-state index in [-0.39, 0.29) is 5.91 Å². The van der Waals surface area contributed by atoms with Crippen LogP contribution in [0.4, 0.5) is 5.69 Å². The van der Waals surface area contributed by atoms with E-state index in [0.717, 1.165) is 5.69 Å². The number of pyridine rings is 1. The van der Waals surface area contributed by atoms with Crippen molar-refractivity contribution in [1.29, 1.82) is 0 Å². The van der Waals surface area contributed by atoms with Crippen molar-refractivity contribution < 1.29 is 4.79 Å². The predicted octanol–water partition coefficient (Wildman–Crippen LogP) is 2.56. The lowest BCUT2D eigenvalue weighted by Crippen LogP contribution is -2.28. The molecule has 0 unspecified atom stereocenters. The Bertz CT molecular complexity index is 378. The van der Waals surface area contributed by atoms with Crippen LogP contribution in [0.5, 0.6) is 0 Å². The minimum atomic E-state index is -0.405. The maximum atomic E-state index is 11.7. The molecular weight excluding hydrogens is 188 g/mol. The highest BCUT2D eigenvalue weighted by Gasteiger charge is 2.21. The molecule has 0 saturated carbocycles. The second kappa shape index (κ2) is 4.01. The Hall–Kier alpha value is -1.38. The maximum Gasteiger partial charge on any atom is 0.229 e. The van der Waals surface area contributed by atoms with Crippen LogP contribution in [0.2, 0.25) is 0 Å². The van der Waals surface area contributed by atoms with Gasteiger partial charge in [0, 0.05) is 11.1 Å². The van der Waals surface area contributed by atoms with Crippen molar-refractivity contribution in [3.63, 3.8) is 0 Å². The van der Waals surface area contributed by atoms with Gasteiger partial charge in [-0.1, -0.05) is 20.8 Å². The fourth-order valence-corrected chi connectivity index (χ4v) is 1.03. The number of carbonyl (C=O) groups is 1. The maximum absolute atomic E-state index is 11.7. The fourth-order valence-electron chi connectivity index (χ4n) is 1.03. The summed E-state index contributed by atoms with van der Waals surface area (Å²) < 4.78 is 0. The summed E-state index contributed by atoms with van der Waals surface area (Å²) in [5.41, 5.74) is 1.78. The first-order valence-electron chi connectivity index (χ1n) is 4.92. The zero-order chi connectivity index (χ0) is 11.6. The molecule has 1 N–H and O–H groups in total. The Labute approximate surface area is 90.9 Å². The summed E-state index contributed by atoms with van der Waals surface area (Å²) >= 11 is 0. The second-order valence-electron chi connectivity index (χ2n) is 4.65. The summed E-state index contributed by atoms with van der Waals surface area (Å²) in [6.45, 7) is 11.3. The molecule has 0 aliphatic carbocycles. The van der Waals surface area contributed by atoms with Crippen molar-refractivity contribution in [3.8, 4) is 0 Å². The summed E-state index contributed by atoms with van der Waals surface area (Å²) in [6.07, 6.45) is 0. The van der Waals surface area contributed by atoms with Gasteiger partial charge in [-0.2, -0.15) is 0 Å². The van der Waals surface area contributed by atoms with Gasteiger partial charge in [-0.25, -0.2) is 0 Å². The fraction of sp³-hybridized carbons (Fsp3) is 0.417. The second-order valence-corrected chi connectivity index (χ2v) is 4.65. The number of hydrogen-bond acceptors (Lipinski definition) is 2. The van der Waals surface area contributed by atoms with Crippen LogP contribution in [0.25, 0.3) is 0 Å². The summed E-state index contributed by atoms with van der Waals surface area (Å²) in [7, 11) is 0. The smallest absolute Gasteiger partial charge is 0.229 e. The van der Waals surface area contributed by atoms with Crippen molar-refractivity contribution in [2.24, 2.45) is 5.41 Å². The lowest BCUT2D eigenvalue weighted by atomic mass is 9.95. The van der Waals surface area contributed by atoms with Crippen molar-refractivity contribution >= 4 is 11.6 Å². The van der Waals surface area contributed by atoms with Crippen molar-refractivity contribution in [1.82, 2.24) is 4.98 Å². The first kappa shape index (κ1) is 11.7. The third-order valence-electron chi connectivity index (χ3n) is 2.04. The third-order valence-corrected chi connectivity index (χ3v) is 2.04. The highest BCUT2D eigenvalue weighted by molar-refractivity contribution is 5.95. The van der Waals surface area contributed by atoms with Gasteiger partial charge in [0.15, 0.2) is 0 Å². The summed E-state index contributed by atoms with van der Waals surface area (Å²) in [5.74, 6) is -0.0296. The van der Waals surface area contributed by atoms with Crippen LogP contribution in [0, 0.1) is 19.3 Å². The molecule has 0 bridgehead atoms. The van der Waals surface area contributed by atoms with E-state index >= 15 is 0 Å². The summed E-state index contributed by atoms with van der Waals surface area (Å²) in [6, 6.07) is 3.68. The molecule has 1 heterocycles. The number of amides is 1. The van der Waals surface area contributed by atoms with Crippen LogP contribution in [-0.4, -0.2) is 10.9 Å². The van der Waals surface area contributed by atoms with Crippen LogP contribution >= 0.6 is 0 Å². The minimum absolute atomic E-state index is 0.0296. The lowest BCUT2D eigenvalue weighted by molar-refractivity contribution is -0.123. The molecule has 3 heteroatoms. The largest absolute Gasteiger partial charge is 0.324 e. The number of nitrogens with zero attached hydrogens (tertiary/aromatic N) is 1. The van der Waals surface area contributed by atoms with E-state index in [1.165, 1.54) is 0 Å². The molecule has 81 valence electrons. The van der Waals surface area contributed by atoms with Gasteiger partial charge in [0.1, 0.15) is 0 Å². The monoisotopic (exact) mass is 205 g/mol. The highest BCUT2D eigenvalue weighted by Crippen LogP contribution is 2.19. The Morgan fingerprint density at radius 2 is 2.00 bits per heavy atom. The molecule has 1 rings (SSSR count). The van der Waals surface area contributed by atoms with Gasteiger partial charge < -0.3 is 5.32 Å². The molecule has 0 aliphatic heterocycles. The van der Waals surface area contributed by atoms with Gasteiger partial charge in [-0.15, -0.1) is 0 Å². The van der Waals surface area contributed by atoms with Crippen molar-refractivity contribution in [2.45, 2.75) is 27.7 Å². The van der Waals surface area contributed by atoms with E-state index in [1.54, 1.807) is 0 Å². The summed E-state index contributed by atoms with van der Waals surface area (Å²) in [5, 5.41) is 2.81. The molecule has 0 spiro atoms. The molecule has 3 nitrogen and oxygen atoms in total. The first-order chi connectivity index (χ1) is 6.80. The Morgan fingerprint density at radius 3 is 2.47 bits per heavy atom. The summed E-state index contributed by atoms with van der Waals surface area (Å²) in [4.78, 5) is 15.9. The van der Waals surface area contributed by atoms with E-state index in [9.17, 15) is 4.79 Å². The molecule has 1 aromatic rings. The van der Waals surface area contributed by atoms with Gasteiger partial charge in [-0.05, 0) is 26.0 Å². The number of carbonyl (C=O) groups excluding carboxylic acids is 1.